The SMILES string of the molecule is CCCc1cc(=O)oc2cc(C)cc(OCC(=O)N[C@H](C(=O)[O-])[C@@H](C)CC)c12. The zero-order chi connectivity index (χ0) is 20.8. The van der Waals surface area contributed by atoms with Crippen LogP contribution in [0.4, 0.5) is 0 Å². The van der Waals surface area contributed by atoms with E-state index in [1.807, 2.05) is 20.8 Å². The van der Waals surface area contributed by atoms with Crippen LogP contribution < -0.4 is 20.8 Å². The van der Waals surface area contributed by atoms with Crippen molar-refractivity contribution in [3.63, 3.8) is 0 Å². The van der Waals surface area contributed by atoms with Crippen molar-refractivity contribution < 1.29 is 23.8 Å². The first-order valence-corrected chi connectivity index (χ1v) is 9.47. The molecule has 1 amide bonds. The molecule has 7 heteroatoms. The Bertz CT molecular complexity index is 917. The molecular weight excluding hydrogens is 362 g/mol. The molecule has 0 aliphatic rings. The topological polar surface area (TPSA) is 109 Å². The lowest BCUT2D eigenvalue weighted by Crippen LogP contribution is -2.52. The maximum Gasteiger partial charge on any atom is 0.336 e. The lowest BCUT2D eigenvalue weighted by Gasteiger charge is -2.25. The van der Waals surface area contributed by atoms with Crippen LogP contribution in [-0.2, 0) is 16.0 Å². The van der Waals surface area contributed by atoms with Crippen LogP contribution in [-0.4, -0.2) is 24.5 Å². The third-order valence-electron chi connectivity index (χ3n) is 4.70. The molecule has 0 spiro atoms. The highest BCUT2D eigenvalue weighted by molar-refractivity contribution is 5.88. The van der Waals surface area contributed by atoms with Gasteiger partial charge < -0.3 is 24.4 Å². The molecule has 152 valence electrons. The number of aryl methyl sites for hydroxylation is 2. The molecule has 7 nitrogen and oxygen atoms in total. The lowest BCUT2D eigenvalue weighted by molar-refractivity contribution is -0.309. The number of rotatable bonds is 9. The van der Waals surface area contributed by atoms with Gasteiger partial charge in [-0.2, -0.15) is 0 Å². The highest BCUT2D eigenvalue weighted by Gasteiger charge is 2.20. The first-order valence-electron chi connectivity index (χ1n) is 9.47. The Morgan fingerprint density at radius 3 is 2.57 bits per heavy atom. The second kappa shape index (κ2) is 9.39. The predicted octanol–water partition coefficient (Wildman–Crippen LogP) is 1.71. The van der Waals surface area contributed by atoms with Crippen molar-refractivity contribution in [1.82, 2.24) is 5.32 Å². The van der Waals surface area contributed by atoms with Gasteiger partial charge in [-0.25, -0.2) is 4.79 Å². The second-order valence-electron chi connectivity index (χ2n) is 7.02. The summed E-state index contributed by atoms with van der Waals surface area (Å²) < 4.78 is 11.0. The third kappa shape index (κ3) is 5.12. The number of benzene rings is 1. The van der Waals surface area contributed by atoms with E-state index in [0.717, 1.165) is 17.5 Å². The average molecular weight is 388 g/mol. The molecule has 0 radical (unpaired) electrons. The molecule has 1 aromatic carbocycles. The van der Waals surface area contributed by atoms with Crippen molar-refractivity contribution in [2.75, 3.05) is 6.61 Å². The summed E-state index contributed by atoms with van der Waals surface area (Å²) in [4.78, 5) is 35.3. The molecule has 0 bridgehead atoms. The summed E-state index contributed by atoms with van der Waals surface area (Å²) in [6, 6.07) is 3.87. The molecule has 28 heavy (non-hydrogen) atoms. The second-order valence-corrected chi connectivity index (χ2v) is 7.02. The highest BCUT2D eigenvalue weighted by Crippen LogP contribution is 2.30. The van der Waals surface area contributed by atoms with Gasteiger partial charge in [-0.05, 0) is 42.5 Å². The van der Waals surface area contributed by atoms with Crippen LogP contribution in [0.5, 0.6) is 5.75 Å². The first kappa shape index (κ1) is 21.5. The number of amides is 1. The van der Waals surface area contributed by atoms with Crippen molar-refractivity contribution in [2.45, 2.75) is 53.0 Å². The summed E-state index contributed by atoms with van der Waals surface area (Å²) in [6.45, 7) is 7.04. The fourth-order valence-corrected chi connectivity index (χ4v) is 3.08. The number of ether oxygens (including phenoxy) is 1. The van der Waals surface area contributed by atoms with Gasteiger partial charge in [0.1, 0.15) is 11.3 Å². The Morgan fingerprint density at radius 2 is 1.96 bits per heavy atom. The minimum absolute atomic E-state index is 0.265. The fourth-order valence-electron chi connectivity index (χ4n) is 3.08. The number of carbonyl (C=O) groups is 2. The molecule has 0 saturated heterocycles. The van der Waals surface area contributed by atoms with Gasteiger partial charge in [0.05, 0.1) is 17.4 Å². The van der Waals surface area contributed by atoms with Crippen molar-refractivity contribution in [2.24, 2.45) is 5.92 Å². The van der Waals surface area contributed by atoms with Gasteiger partial charge in [0.15, 0.2) is 6.61 Å². The van der Waals surface area contributed by atoms with Gasteiger partial charge in [0.2, 0.25) is 0 Å². The highest BCUT2D eigenvalue weighted by atomic mass is 16.5. The van der Waals surface area contributed by atoms with E-state index < -0.39 is 23.5 Å². The fraction of sp³-hybridized carbons (Fsp3) is 0.476. The van der Waals surface area contributed by atoms with Crippen LogP contribution in [0, 0.1) is 12.8 Å². The largest absolute Gasteiger partial charge is 0.548 e. The molecule has 0 saturated carbocycles. The van der Waals surface area contributed by atoms with Crippen LogP contribution in [0.1, 0.15) is 44.7 Å². The predicted molar refractivity (Wildman–Crippen MR) is 103 cm³/mol. The molecule has 0 aliphatic heterocycles. The molecule has 2 atom stereocenters. The number of hydrogen-bond donors (Lipinski definition) is 1. The lowest BCUT2D eigenvalue weighted by atomic mass is 9.99. The van der Waals surface area contributed by atoms with Gasteiger partial charge in [-0.15, -0.1) is 0 Å². The van der Waals surface area contributed by atoms with E-state index >= 15 is 0 Å². The zero-order valence-corrected chi connectivity index (χ0v) is 16.7. The summed E-state index contributed by atoms with van der Waals surface area (Å²) in [6.07, 6.45) is 2.07. The smallest absolute Gasteiger partial charge is 0.336 e. The summed E-state index contributed by atoms with van der Waals surface area (Å²) in [5.74, 6) is -1.72. The number of fused-ring (bicyclic) bond motifs is 1. The Morgan fingerprint density at radius 1 is 1.25 bits per heavy atom. The molecule has 1 aromatic heterocycles. The molecule has 2 aromatic rings. The Labute approximate surface area is 163 Å². The molecule has 0 fully saturated rings. The van der Waals surface area contributed by atoms with E-state index in [9.17, 15) is 19.5 Å². The van der Waals surface area contributed by atoms with E-state index in [1.54, 1.807) is 19.1 Å². The molecular formula is C21H26NO6-. The quantitative estimate of drug-likeness (QED) is 0.655. The minimum atomic E-state index is -1.32. The number of nitrogens with one attached hydrogen (secondary N) is 1. The van der Waals surface area contributed by atoms with Crippen molar-refractivity contribution in [3.05, 3.63) is 39.7 Å². The molecule has 1 N–H and O–H groups in total. The average Bonchev–Trinajstić information content (AvgIpc) is 2.62. The van der Waals surface area contributed by atoms with E-state index in [0.29, 0.717) is 29.6 Å². The van der Waals surface area contributed by atoms with E-state index in [1.165, 1.54) is 6.07 Å². The summed E-state index contributed by atoms with van der Waals surface area (Å²) in [5.41, 5.74) is 1.57. The monoisotopic (exact) mass is 388 g/mol. The standard InChI is InChI=1S/C21H27NO6/c1-5-7-14-10-18(24)28-16-9-12(3)8-15(19(14)16)27-11-17(23)22-20(21(25)26)13(4)6-2/h8-10,13,20H,5-7,11H2,1-4H3,(H,22,23)(H,25,26)/p-1/t13-,20-/m0/s1. The normalized spacial score (nSPS) is 13.1. The number of carbonyl (C=O) groups excluding carboxylic acids is 2. The van der Waals surface area contributed by atoms with Gasteiger partial charge in [0.25, 0.3) is 5.91 Å². The van der Waals surface area contributed by atoms with Crippen LogP contribution >= 0.6 is 0 Å². The van der Waals surface area contributed by atoms with E-state index in [4.69, 9.17) is 9.15 Å². The zero-order valence-electron chi connectivity index (χ0n) is 16.7. The number of carboxylic acids is 1. The van der Waals surface area contributed by atoms with Crippen molar-refractivity contribution in [3.8, 4) is 5.75 Å². The molecule has 0 unspecified atom stereocenters. The van der Waals surface area contributed by atoms with Gasteiger partial charge >= 0.3 is 5.63 Å². The van der Waals surface area contributed by atoms with Crippen molar-refractivity contribution in [1.29, 1.82) is 0 Å². The molecule has 2 rings (SSSR count). The van der Waals surface area contributed by atoms with Gasteiger partial charge in [0, 0.05) is 6.07 Å². The third-order valence-corrected chi connectivity index (χ3v) is 4.70. The van der Waals surface area contributed by atoms with Crippen LogP contribution in [0.25, 0.3) is 11.0 Å². The van der Waals surface area contributed by atoms with E-state index in [-0.39, 0.29) is 12.5 Å². The number of hydrogen-bond acceptors (Lipinski definition) is 6. The van der Waals surface area contributed by atoms with Crippen LogP contribution in [0.2, 0.25) is 0 Å². The maximum absolute atomic E-state index is 12.2. The Kier molecular flexibility index (Phi) is 7.20. The van der Waals surface area contributed by atoms with Crippen LogP contribution in [0.3, 0.4) is 0 Å². The van der Waals surface area contributed by atoms with Gasteiger partial charge in [-0.3, -0.25) is 4.79 Å². The minimum Gasteiger partial charge on any atom is -0.548 e. The van der Waals surface area contributed by atoms with Gasteiger partial charge in [-0.1, -0.05) is 33.6 Å². The molecule has 0 aliphatic carbocycles. The first-order chi connectivity index (χ1) is 13.3. The maximum atomic E-state index is 12.2. The Hall–Kier alpha value is -2.83. The number of aliphatic carboxylic acids is 1. The van der Waals surface area contributed by atoms with E-state index in [2.05, 4.69) is 5.32 Å². The number of carboxylic acid groups (broad SMARTS) is 1. The van der Waals surface area contributed by atoms with Crippen LogP contribution in [0.15, 0.2) is 27.4 Å². The summed E-state index contributed by atoms with van der Waals surface area (Å²) >= 11 is 0. The molecule has 1 heterocycles. The summed E-state index contributed by atoms with van der Waals surface area (Å²) in [7, 11) is 0. The summed E-state index contributed by atoms with van der Waals surface area (Å²) in [5, 5.41) is 14.4. The van der Waals surface area contributed by atoms with Crippen molar-refractivity contribution >= 4 is 22.8 Å². The Balaban J connectivity index is 2.27.